The Kier molecular flexibility index (Phi) is 3.24. The number of rotatable bonds is 2. The summed E-state index contributed by atoms with van der Waals surface area (Å²) in [4.78, 5) is 12.6. The SMILES string of the molecule is C/C=C/c1cn(-c2nc(Cl)ncc2C)c(C)n1. The molecular formula is C12H13ClN4. The molecule has 0 unspecified atom stereocenters. The van der Waals surface area contributed by atoms with Crippen LogP contribution >= 0.6 is 11.6 Å². The van der Waals surface area contributed by atoms with E-state index in [1.165, 1.54) is 0 Å². The van der Waals surface area contributed by atoms with Crippen LogP contribution in [-0.2, 0) is 0 Å². The molecule has 0 saturated heterocycles. The summed E-state index contributed by atoms with van der Waals surface area (Å²) in [5, 5.41) is 0.242. The molecule has 0 aromatic carbocycles. The van der Waals surface area contributed by atoms with Gasteiger partial charge in [-0.15, -0.1) is 0 Å². The monoisotopic (exact) mass is 248 g/mol. The summed E-state index contributed by atoms with van der Waals surface area (Å²) in [6.07, 6.45) is 7.54. The summed E-state index contributed by atoms with van der Waals surface area (Å²) in [6.45, 7) is 5.84. The van der Waals surface area contributed by atoms with E-state index in [1.54, 1.807) is 6.20 Å². The normalized spacial score (nSPS) is 11.3. The molecule has 0 bridgehead atoms. The van der Waals surface area contributed by atoms with Gasteiger partial charge in [-0.3, -0.25) is 4.57 Å². The van der Waals surface area contributed by atoms with E-state index in [4.69, 9.17) is 11.6 Å². The largest absolute Gasteiger partial charge is 0.287 e. The van der Waals surface area contributed by atoms with E-state index in [1.807, 2.05) is 43.7 Å². The molecule has 0 fully saturated rings. The summed E-state index contributed by atoms with van der Waals surface area (Å²) in [5.74, 6) is 1.64. The van der Waals surface area contributed by atoms with Crippen molar-refractivity contribution in [3.05, 3.63) is 40.8 Å². The van der Waals surface area contributed by atoms with Gasteiger partial charge in [0, 0.05) is 18.0 Å². The van der Waals surface area contributed by atoms with E-state index < -0.39 is 0 Å². The van der Waals surface area contributed by atoms with Crippen LogP contribution in [0.4, 0.5) is 0 Å². The molecule has 5 heteroatoms. The van der Waals surface area contributed by atoms with Gasteiger partial charge >= 0.3 is 0 Å². The minimum absolute atomic E-state index is 0.242. The zero-order chi connectivity index (χ0) is 12.4. The first kappa shape index (κ1) is 11.8. The maximum atomic E-state index is 5.82. The Morgan fingerprint density at radius 3 is 2.76 bits per heavy atom. The van der Waals surface area contributed by atoms with Crippen LogP contribution in [0, 0.1) is 13.8 Å². The van der Waals surface area contributed by atoms with Crippen LogP contribution in [0.2, 0.25) is 5.28 Å². The molecule has 4 nitrogen and oxygen atoms in total. The van der Waals surface area contributed by atoms with E-state index in [9.17, 15) is 0 Å². The molecule has 2 aromatic heterocycles. The van der Waals surface area contributed by atoms with Crippen molar-refractivity contribution in [2.45, 2.75) is 20.8 Å². The van der Waals surface area contributed by atoms with Gasteiger partial charge in [-0.05, 0) is 38.4 Å². The number of aromatic nitrogens is 4. The molecule has 17 heavy (non-hydrogen) atoms. The highest BCUT2D eigenvalue weighted by molar-refractivity contribution is 6.28. The molecule has 0 radical (unpaired) electrons. The van der Waals surface area contributed by atoms with Crippen LogP contribution in [0.3, 0.4) is 0 Å². The van der Waals surface area contributed by atoms with Gasteiger partial charge in [0.25, 0.3) is 0 Å². The average molecular weight is 249 g/mol. The Labute approximate surface area is 105 Å². The van der Waals surface area contributed by atoms with Crippen molar-refractivity contribution in [1.82, 2.24) is 19.5 Å². The molecule has 0 spiro atoms. The van der Waals surface area contributed by atoms with E-state index in [0.717, 1.165) is 22.9 Å². The van der Waals surface area contributed by atoms with Gasteiger partial charge in [0.15, 0.2) is 0 Å². The Balaban J connectivity index is 2.56. The van der Waals surface area contributed by atoms with Gasteiger partial charge in [0.1, 0.15) is 11.6 Å². The summed E-state index contributed by atoms with van der Waals surface area (Å²) in [7, 11) is 0. The van der Waals surface area contributed by atoms with Crippen LogP contribution in [0.5, 0.6) is 0 Å². The molecule has 2 rings (SSSR count). The molecule has 0 amide bonds. The Morgan fingerprint density at radius 2 is 2.06 bits per heavy atom. The maximum Gasteiger partial charge on any atom is 0.224 e. The quantitative estimate of drug-likeness (QED) is 0.768. The third-order valence-electron chi connectivity index (χ3n) is 2.38. The third-order valence-corrected chi connectivity index (χ3v) is 2.56. The zero-order valence-electron chi connectivity index (χ0n) is 9.98. The predicted molar refractivity (Wildman–Crippen MR) is 68.3 cm³/mol. The first-order chi connectivity index (χ1) is 8.11. The fourth-order valence-electron chi connectivity index (χ4n) is 1.62. The van der Waals surface area contributed by atoms with E-state index in [-0.39, 0.29) is 5.28 Å². The lowest BCUT2D eigenvalue weighted by Gasteiger charge is -2.06. The molecule has 2 aromatic rings. The van der Waals surface area contributed by atoms with Gasteiger partial charge in [0.2, 0.25) is 5.28 Å². The molecular weight excluding hydrogens is 236 g/mol. The number of nitrogens with zero attached hydrogens (tertiary/aromatic N) is 4. The van der Waals surface area contributed by atoms with Crippen molar-refractivity contribution in [2.24, 2.45) is 0 Å². The zero-order valence-corrected chi connectivity index (χ0v) is 10.7. The molecule has 0 atom stereocenters. The van der Waals surface area contributed by atoms with Crippen LogP contribution in [-0.4, -0.2) is 19.5 Å². The van der Waals surface area contributed by atoms with Crippen molar-refractivity contribution in [1.29, 1.82) is 0 Å². The molecule has 88 valence electrons. The van der Waals surface area contributed by atoms with Gasteiger partial charge in [-0.25, -0.2) is 9.97 Å². The van der Waals surface area contributed by atoms with Gasteiger partial charge in [-0.2, -0.15) is 4.98 Å². The molecule has 0 aliphatic rings. The predicted octanol–water partition coefficient (Wildman–Crippen LogP) is 2.97. The van der Waals surface area contributed by atoms with Crippen molar-refractivity contribution < 1.29 is 0 Å². The van der Waals surface area contributed by atoms with Gasteiger partial charge in [0.05, 0.1) is 5.69 Å². The van der Waals surface area contributed by atoms with Crippen molar-refractivity contribution >= 4 is 17.7 Å². The maximum absolute atomic E-state index is 5.82. The first-order valence-electron chi connectivity index (χ1n) is 5.30. The van der Waals surface area contributed by atoms with Gasteiger partial charge in [-0.1, -0.05) is 6.08 Å². The fraction of sp³-hybridized carbons (Fsp3) is 0.250. The average Bonchev–Trinajstić information content (AvgIpc) is 2.64. The topological polar surface area (TPSA) is 43.6 Å². The van der Waals surface area contributed by atoms with Crippen LogP contribution in [0.1, 0.15) is 24.0 Å². The summed E-state index contributed by atoms with van der Waals surface area (Å²) in [6, 6.07) is 0. The van der Waals surface area contributed by atoms with E-state index in [0.29, 0.717) is 0 Å². The highest BCUT2D eigenvalue weighted by atomic mass is 35.5. The molecule has 0 N–H and O–H groups in total. The number of hydrogen-bond acceptors (Lipinski definition) is 3. The Bertz CT molecular complexity index is 572. The lowest BCUT2D eigenvalue weighted by atomic mass is 10.3. The van der Waals surface area contributed by atoms with Crippen molar-refractivity contribution in [3.63, 3.8) is 0 Å². The Hall–Kier alpha value is -1.68. The summed E-state index contributed by atoms with van der Waals surface area (Å²) < 4.78 is 1.91. The summed E-state index contributed by atoms with van der Waals surface area (Å²) >= 11 is 5.82. The van der Waals surface area contributed by atoms with Crippen molar-refractivity contribution in [2.75, 3.05) is 0 Å². The van der Waals surface area contributed by atoms with Crippen LogP contribution in [0.15, 0.2) is 18.5 Å². The second-order valence-electron chi connectivity index (χ2n) is 3.73. The lowest BCUT2D eigenvalue weighted by molar-refractivity contribution is 0.905. The van der Waals surface area contributed by atoms with Crippen molar-refractivity contribution in [3.8, 4) is 5.82 Å². The number of allylic oxidation sites excluding steroid dienone is 1. The summed E-state index contributed by atoms with van der Waals surface area (Å²) in [5.41, 5.74) is 1.86. The number of hydrogen-bond donors (Lipinski definition) is 0. The van der Waals surface area contributed by atoms with Crippen LogP contribution < -0.4 is 0 Å². The highest BCUT2D eigenvalue weighted by Gasteiger charge is 2.09. The minimum Gasteiger partial charge on any atom is -0.287 e. The second-order valence-corrected chi connectivity index (χ2v) is 4.07. The first-order valence-corrected chi connectivity index (χ1v) is 5.68. The lowest BCUT2D eigenvalue weighted by Crippen LogP contribution is -2.02. The molecule has 0 saturated carbocycles. The third kappa shape index (κ3) is 2.36. The molecule has 0 aliphatic heterocycles. The highest BCUT2D eigenvalue weighted by Crippen LogP contribution is 2.16. The standard InChI is InChI=1S/C12H13ClN4/c1-4-5-10-7-17(9(3)15-10)11-8(2)6-14-12(13)16-11/h4-7H,1-3H3/b5-4+. The minimum atomic E-state index is 0.242. The van der Waals surface area contributed by atoms with Crippen LogP contribution in [0.25, 0.3) is 11.9 Å². The smallest absolute Gasteiger partial charge is 0.224 e. The molecule has 0 aliphatic carbocycles. The fourth-order valence-corrected chi connectivity index (χ4v) is 1.75. The number of aryl methyl sites for hydroxylation is 2. The van der Waals surface area contributed by atoms with Gasteiger partial charge < -0.3 is 0 Å². The van der Waals surface area contributed by atoms with E-state index >= 15 is 0 Å². The number of imidazole rings is 1. The second kappa shape index (κ2) is 4.67. The van der Waals surface area contributed by atoms with E-state index in [2.05, 4.69) is 15.0 Å². The molecule has 2 heterocycles. The number of halogens is 1. The Morgan fingerprint density at radius 1 is 1.29 bits per heavy atom.